The highest BCUT2D eigenvalue weighted by Crippen LogP contribution is 2.21. The van der Waals surface area contributed by atoms with Crippen LogP contribution in [0.25, 0.3) is 10.8 Å². The largest absolute Gasteiger partial charge is 0.348 e. The van der Waals surface area contributed by atoms with Crippen LogP contribution >= 0.6 is 0 Å². The van der Waals surface area contributed by atoms with Gasteiger partial charge < -0.3 is 5.32 Å². The fourth-order valence-electron chi connectivity index (χ4n) is 3.02. The van der Waals surface area contributed by atoms with Crippen molar-refractivity contribution in [3.8, 4) is 0 Å². The highest BCUT2D eigenvalue weighted by molar-refractivity contribution is 7.89. The van der Waals surface area contributed by atoms with Crippen molar-refractivity contribution in [2.45, 2.75) is 24.8 Å². The van der Waals surface area contributed by atoms with Crippen molar-refractivity contribution in [2.75, 3.05) is 13.6 Å². The van der Waals surface area contributed by atoms with Crippen LogP contribution in [0.15, 0.2) is 71.6 Å². The molecule has 0 radical (unpaired) electrons. The van der Waals surface area contributed by atoms with Gasteiger partial charge in [0.25, 0.3) is 0 Å². The minimum absolute atomic E-state index is 0.174. The molecule has 3 aromatic carbocycles. The summed E-state index contributed by atoms with van der Waals surface area (Å²) in [6.45, 7) is 3.63. The van der Waals surface area contributed by atoms with Crippen molar-refractivity contribution >= 4 is 26.7 Å². The Morgan fingerprint density at radius 2 is 1.64 bits per heavy atom. The molecule has 1 amide bonds. The maximum atomic E-state index is 12.9. The van der Waals surface area contributed by atoms with Crippen molar-refractivity contribution in [3.63, 3.8) is 0 Å². The summed E-state index contributed by atoms with van der Waals surface area (Å²) in [6, 6.07) is 20.2. The van der Waals surface area contributed by atoms with Crippen LogP contribution in [-0.2, 0) is 14.8 Å². The molecule has 0 fully saturated rings. The lowest BCUT2D eigenvalue weighted by Gasteiger charge is -2.20. The van der Waals surface area contributed by atoms with Crippen molar-refractivity contribution in [1.29, 1.82) is 0 Å². The summed E-state index contributed by atoms with van der Waals surface area (Å²) in [5, 5.41) is 4.66. The maximum absolute atomic E-state index is 12.9. The lowest BCUT2D eigenvalue weighted by molar-refractivity contribution is -0.121. The number of hydrogen-bond donors (Lipinski definition) is 1. The maximum Gasteiger partial charge on any atom is 0.243 e. The molecule has 0 bridgehead atoms. The van der Waals surface area contributed by atoms with E-state index in [4.69, 9.17) is 0 Å². The second kappa shape index (κ2) is 8.12. The highest BCUT2D eigenvalue weighted by Gasteiger charge is 2.23. The summed E-state index contributed by atoms with van der Waals surface area (Å²) in [7, 11) is -2.34. The highest BCUT2D eigenvalue weighted by atomic mass is 32.2. The number of sulfonamides is 1. The first-order valence-corrected chi connectivity index (χ1v) is 10.5. The molecule has 28 heavy (non-hydrogen) atoms. The van der Waals surface area contributed by atoms with Crippen molar-refractivity contribution in [1.82, 2.24) is 9.62 Å². The van der Waals surface area contributed by atoms with Gasteiger partial charge in [0, 0.05) is 7.05 Å². The molecule has 0 unspecified atom stereocenters. The van der Waals surface area contributed by atoms with Gasteiger partial charge in [0.15, 0.2) is 0 Å². The molecule has 0 spiro atoms. The number of amides is 1. The van der Waals surface area contributed by atoms with E-state index in [1.54, 1.807) is 18.2 Å². The molecule has 1 N–H and O–H groups in total. The molecule has 0 aliphatic heterocycles. The van der Waals surface area contributed by atoms with Crippen molar-refractivity contribution in [2.24, 2.45) is 0 Å². The van der Waals surface area contributed by atoms with Gasteiger partial charge in [0.1, 0.15) is 0 Å². The van der Waals surface area contributed by atoms with Gasteiger partial charge in [-0.2, -0.15) is 4.31 Å². The summed E-state index contributed by atoms with van der Waals surface area (Å²) in [5.74, 6) is -0.347. The van der Waals surface area contributed by atoms with Crippen LogP contribution in [0.1, 0.15) is 24.1 Å². The zero-order valence-corrected chi connectivity index (χ0v) is 17.0. The van der Waals surface area contributed by atoms with Crippen LogP contribution in [0.2, 0.25) is 0 Å². The summed E-state index contributed by atoms with van der Waals surface area (Å²) < 4.78 is 26.8. The van der Waals surface area contributed by atoms with Gasteiger partial charge in [-0.1, -0.05) is 60.2 Å². The summed E-state index contributed by atoms with van der Waals surface area (Å²) in [5.41, 5.74) is 2.11. The second-order valence-electron chi connectivity index (χ2n) is 6.97. The van der Waals surface area contributed by atoms with E-state index in [1.807, 2.05) is 62.4 Å². The SMILES string of the molecule is Cc1ccc([C@@H](C)NC(=O)CN(C)S(=O)(=O)c2ccc3ccccc3c2)cc1. The van der Waals surface area contributed by atoms with Gasteiger partial charge in [0.2, 0.25) is 15.9 Å². The average molecular weight is 397 g/mol. The monoisotopic (exact) mass is 396 g/mol. The summed E-state index contributed by atoms with van der Waals surface area (Å²) >= 11 is 0. The Hall–Kier alpha value is -2.70. The Morgan fingerprint density at radius 3 is 2.32 bits per heavy atom. The number of hydrogen-bond acceptors (Lipinski definition) is 3. The number of fused-ring (bicyclic) bond motifs is 1. The standard InChI is InChI=1S/C22H24N2O3S/c1-16-8-10-18(11-9-16)17(2)23-22(25)15-24(3)28(26,27)21-13-12-19-6-4-5-7-20(19)14-21/h4-14,17H,15H2,1-3H3,(H,23,25)/t17-/m1/s1. The van der Waals surface area contributed by atoms with Crippen LogP contribution in [0.4, 0.5) is 0 Å². The third kappa shape index (κ3) is 4.40. The molecule has 0 aromatic heterocycles. The minimum atomic E-state index is -3.76. The number of likely N-dealkylation sites (N-methyl/N-ethyl adjacent to an activating group) is 1. The molecule has 146 valence electrons. The Labute approximate surface area is 166 Å². The minimum Gasteiger partial charge on any atom is -0.348 e. The van der Waals surface area contributed by atoms with Crippen LogP contribution in [-0.4, -0.2) is 32.2 Å². The fraction of sp³-hybridized carbons (Fsp3) is 0.227. The third-order valence-electron chi connectivity index (χ3n) is 4.75. The van der Waals surface area contributed by atoms with E-state index in [0.717, 1.165) is 26.2 Å². The van der Waals surface area contributed by atoms with Crippen molar-refractivity contribution in [3.05, 3.63) is 77.9 Å². The van der Waals surface area contributed by atoms with E-state index in [9.17, 15) is 13.2 Å². The molecule has 3 aromatic rings. The van der Waals surface area contributed by atoms with Gasteiger partial charge in [-0.3, -0.25) is 4.79 Å². The normalized spacial score (nSPS) is 12.9. The van der Waals surface area contributed by atoms with Crippen LogP contribution in [0, 0.1) is 6.92 Å². The van der Waals surface area contributed by atoms with Gasteiger partial charge in [-0.05, 0) is 42.3 Å². The Balaban J connectivity index is 1.70. The van der Waals surface area contributed by atoms with Gasteiger partial charge in [-0.15, -0.1) is 0 Å². The number of carbonyl (C=O) groups is 1. The molecular weight excluding hydrogens is 372 g/mol. The predicted molar refractivity (Wildman–Crippen MR) is 112 cm³/mol. The lowest BCUT2D eigenvalue weighted by atomic mass is 10.1. The second-order valence-corrected chi connectivity index (χ2v) is 9.01. The predicted octanol–water partition coefficient (Wildman–Crippen LogP) is 3.65. The number of nitrogens with zero attached hydrogens (tertiary/aromatic N) is 1. The number of benzene rings is 3. The molecule has 6 heteroatoms. The average Bonchev–Trinajstić information content (AvgIpc) is 2.67. The molecule has 0 saturated heterocycles. The Kier molecular flexibility index (Phi) is 5.82. The summed E-state index contributed by atoms with van der Waals surface area (Å²) in [6.07, 6.45) is 0. The zero-order chi connectivity index (χ0) is 20.3. The van der Waals surface area contributed by atoms with Gasteiger partial charge in [-0.25, -0.2) is 8.42 Å². The Bertz CT molecular complexity index is 1090. The number of aryl methyl sites for hydroxylation is 1. The molecule has 5 nitrogen and oxygen atoms in total. The van der Waals surface area contributed by atoms with Crippen LogP contribution in [0.5, 0.6) is 0 Å². The van der Waals surface area contributed by atoms with Gasteiger partial charge >= 0.3 is 0 Å². The lowest BCUT2D eigenvalue weighted by Crippen LogP contribution is -2.39. The number of rotatable bonds is 6. The molecular formula is C22H24N2O3S. The first-order chi connectivity index (χ1) is 13.3. The smallest absolute Gasteiger partial charge is 0.243 e. The quantitative estimate of drug-likeness (QED) is 0.692. The van der Waals surface area contributed by atoms with Crippen molar-refractivity contribution < 1.29 is 13.2 Å². The summed E-state index contributed by atoms with van der Waals surface area (Å²) in [4.78, 5) is 12.6. The van der Waals surface area contributed by atoms with E-state index < -0.39 is 10.0 Å². The molecule has 0 saturated carbocycles. The molecule has 0 heterocycles. The Morgan fingerprint density at radius 1 is 1.00 bits per heavy atom. The number of carbonyl (C=O) groups excluding carboxylic acids is 1. The van der Waals surface area contributed by atoms with Crippen LogP contribution in [0.3, 0.4) is 0 Å². The molecule has 0 aliphatic carbocycles. The van der Waals surface area contributed by atoms with E-state index >= 15 is 0 Å². The first-order valence-electron chi connectivity index (χ1n) is 9.08. The van der Waals surface area contributed by atoms with E-state index in [1.165, 1.54) is 7.05 Å². The number of nitrogens with one attached hydrogen (secondary N) is 1. The van der Waals surface area contributed by atoms with Gasteiger partial charge in [0.05, 0.1) is 17.5 Å². The topological polar surface area (TPSA) is 66.5 Å². The molecule has 0 aliphatic rings. The van der Waals surface area contributed by atoms with E-state index in [-0.39, 0.29) is 23.4 Å². The fourth-order valence-corrected chi connectivity index (χ4v) is 4.18. The first kappa shape index (κ1) is 20.0. The van der Waals surface area contributed by atoms with E-state index in [0.29, 0.717) is 0 Å². The zero-order valence-electron chi connectivity index (χ0n) is 16.2. The van der Waals surface area contributed by atoms with Crippen LogP contribution < -0.4 is 5.32 Å². The third-order valence-corrected chi connectivity index (χ3v) is 6.55. The van der Waals surface area contributed by atoms with E-state index in [2.05, 4.69) is 5.32 Å². The molecule has 3 rings (SSSR count). The molecule has 1 atom stereocenters.